The summed E-state index contributed by atoms with van der Waals surface area (Å²) in [6.45, 7) is 21.8. The number of carbonyl (C=O) groups excluding carboxylic acids is 19. The number of hydrazine groups is 3. The number of primary amides is 2. The summed E-state index contributed by atoms with van der Waals surface area (Å²) in [7, 11) is 1.68. The molecule has 2 heterocycles. The first-order valence-corrected chi connectivity index (χ1v) is 52.1. The molecule has 1 aliphatic heterocycles. The molecule has 17 atom stereocenters. The molecule has 0 unspecified atom stereocenters. The number of amides is 6. The number of hydrogen-bond acceptors (Lipinski definition) is 35. The van der Waals surface area contributed by atoms with E-state index in [2.05, 4.69) is 90.7 Å². The number of aromatic nitrogens is 1. The Labute approximate surface area is 878 Å². The van der Waals surface area contributed by atoms with E-state index >= 15 is 24.0 Å². The van der Waals surface area contributed by atoms with E-state index in [0.717, 1.165) is 0 Å². The maximum Gasteiger partial charge on any atom is 0.303 e. The number of nitrogens with zero attached hydrogens (tertiary/aromatic N) is 1. The third kappa shape index (κ3) is 46.6. The molecule has 4 aromatic rings. The summed E-state index contributed by atoms with van der Waals surface area (Å²) in [6, 6.07) is 4.79. The van der Waals surface area contributed by atoms with Crippen LogP contribution in [0.25, 0.3) is 10.9 Å². The number of aliphatic hydroxyl groups is 1. The van der Waals surface area contributed by atoms with Crippen LogP contribution < -0.4 is 97.2 Å². The van der Waals surface area contributed by atoms with Crippen LogP contribution in [0.15, 0.2) is 97.2 Å². The number of hydrogen-bond donors (Lipinski definition) is 22. The number of carbonyl (C=O) groups is 20. The number of nitrogens with one attached hydrogen (secondary N) is 17. The lowest BCUT2D eigenvalue weighted by molar-refractivity contribution is -0.144. The molecule has 0 bridgehead atoms. The molecule has 43 nitrogen and oxygen atoms in total. The van der Waals surface area contributed by atoms with Gasteiger partial charge in [0.15, 0.2) is 40.5 Å². The summed E-state index contributed by atoms with van der Waals surface area (Å²) in [5.74, 6) is -14.8. The van der Waals surface area contributed by atoms with Gasteiger partial charge in [-0.1, -0.05) is 120 Å². The molecule has 0 spiro atoms. The van der Waals surface area contributed by atoms with Gasteiger partial charge < -0.3 is 79.6 Å². The number of rotatable bonds is 55. The summed E-state index contributed by atoms with van der Waals surface area (Å²) >= 11 is 0. The minimum atomic E-state index is -2.16. The van der Waals surface area contributed by atoms with E-state index in [4.69, 9.17) is 11.5 Å². The second kappa shape index (κ2) is 66.1. The molecular weight excluding hydrogens is 1930 g/mol. The zero-order valence-corrected chi connectivity index (χ0v) is 89.6. The van der Waals surface area contributed by atoms with Gasteiger partial charge in [0, 0.05) is 102 Å². The van der Waals surface area contributed by atoms with Gasteiger partial charge in [0.1, 0.15) is 47.0 Å². The van der Waals surface area contributed by atoms with Crippen LogP contribution in [0.3, 0.4) is 0 Å². The summed E-state index contributed by atoms with van der Waals surface area (Å²) in [4.78, 5) is 283. The smallest absolute Gasteiger partial charge is 0.303 e. The van der Waals surface area contributed by atoms with Crippen LogP contribution in [0.5, 0.6) is 5.75 Å². The van der Waals surface area contributed by atoms with E-state index in [-0.39, 0.29) is 176 Å². The third-order valence-corrected chi connectivity index (χ3v) is 26.6. The Kier molecular flexibility index (Phi) is 56.7. The predicted octanol–water partition coefficient (Wildman–Crippen LogP) is 1.80. The SMILES string of the molecule is CC(=O)N[C@@H](CC(C)C)C(=O)C(=O)[C@@H](NN[C@@H](Cc1ccccc1)C(=O)N[C@]1(C)CCCCCC/C=C/CCC[C@@](C)(C(=O)CN[C@@H](C)C(=O)CCN[C@@H](C)C(=O)CCC(=O)[C@H](C)NCCC(=O)[C@H](C)NCCC(=O)[C@H](C)NCN(C)CC(N)=O)NC(=O)[C@H](CC(C)C)NN[C@@H](CCC(N)=O)C(=O)CC(=O)[C@H](C)NCC(=O)[C@H](Cc2c[nH]c3ccccc23)NC(=O)[C@H](Cc2ccc(O)cc2)NN[C@@H](CCC(=O)O)C(=O)C1=O)[C@@H](C)O. The number of ketones is 13. The van der Waals surface area contributed by atoms with Gasteiger partial charge in [-0.15, -0.1) is 0 Å². The van der Waals surface area contributed by atoms with Crippen LogP contribution in [0.4, 0.5) is 0 Å². The molecule has 0 saturated heterocycles. The number of allylic oxidation sites excluding steroid dienone is 2. The standard InChI is InChI=1S/C107H164N20O23/c1-63(2)52-82(117-72(12)129)99(144)101(146)98(71(11)128)126-125-85(54-73-30-24-23-25-31-73)105(150)120-107(14)48-29-22-20-18-16-17-19-21-28-47-106(13,94(139)60-114-68(8)89(134)45-50-111-66(6)87(132)41-40-86(131)65(5)110-49-44-88(133)67(7)112-51-46-90(135)69(9)116-62-127(15)61-96(109)141)119-104(149)83(53-64(3)4)123-121-79(38-42-95(108)140)92(137)57-91(136)70(10)113-59-93(138)81(56-75-58-115-78-33-27-26-32-77(75)78)118-103(148)84(55-74-34-36-76(130)37-35-74)124-122-80(39-43-97(142)143)100(145)102(107)147/h17,19,23-27,30-37,58,63-71,79-85,98,110-116,121-126,128,130H,16,18,20-22,28-29,38-57,59-62H2,1-15H3,(H2,108,140)(H2,109,141)(H,117,129)(H,118,148)(H,119,149)(H,120,150)(H,142,143)/b19-17+/t65-,66-,67-,68-,69-,70-,71+,79-,80-,81-,82-,83-,84-,85-,98-,106-,107+/m0/s1. The molecule has 0 saturated carbocycles. The fourth-order valence-electron chi connectivity index (χ4n) is 17.0. The first kappa shape index (κ1) is 129. The average molecular weight is 2100 g/mol. The zero-order valence-electron chi connectivity index (χ0n) is 89.6. The summed E-state index contributed by atoms with van der Waals surface area (Å²) in [5.41, 5.74) is 26.2. The summed E-state index contributed by atoms with van der Waals surface area (Å²) < 4.78 is 0. The maximum atomic E-state index is 15.7. The first-order valence-electron chi connectivity index (χ1n) is 52.1. The fraction of sp³-hybridized carbons (Fsp3) is 0.607. The minimum absolute atomic E-state index is 0.0260. The molecule has 0 fully saturated rings. The number of Topliss-reactive ketones (excluding diaryl/α,β-unsaturated/α-hetero) is 13. The first-order chi connectivity index (χ1) is 70.8. The zero-order chi connectivity index (χ0) is 112. The molecular formula is C107H164N20O23. The van der Waals surface area contributed by atoms with Crippen molar-refractivity contribution in [1.82, 2.24) is 95.6 Å². The predicted molar refractivity (Wildman–Crippen MR) is 564 cm³/mol. The number of aliphatic hydroxyl groups excluding tert-OH is 1. The second-order valence-corrected chi connectivity index (χ2v) is 40.7. The van der Waals surface area contributed by atoms with Crippen molar-refractivity contribution in [2.24, 2.45) is 23.3 Å². The summed E-state index contributed by atoms with van der Waals surface area (Å²) in [5, 5.41) is 61.7. The Morgan fingerprint density at radius 1 is 0.533 bits per heavy atom. The molecule has 0 radical (unpaired) electrons. The topological polar surface area (TPSA) is 666 Å². The second-order valence-electron chi connectivity index (χ2n) is 40.7. The molecule has 6 amide bonds. The molecule has 0 aliphatic carbocycles. The van der Waals surface area contributed by atoms with Crippen molar-refractivity contribution in [3.63, 3.8) is 0 Å². The van der Waals surface area contributed by atoms with Gasteiger partial charge in [0.25, 0.3) is 0 Å². The Morgan fingerprint density at radius 2 is 1.08 bits per heavy atom. The number of phenols is 1. The highest BCUT2D eigenvalue weighted by atomic mass is 16.4. The molecule has 24 N–H and O–H groups in total. The Balaban J connectivity index is 1.45. The van der Waals surface area contributed by atoms with Crippen LogP contribution in [-0.4, -0.2) is 297 Å². The molecule has 1 aromatic heterocycles. The highest BCUT2D eigenvalue weighted by molar-refractivity contribution is 6.43. The molecule has 3 aromatic carbocycles. The highest BCUT2D eigenvalue weighted by Gasteiger charge is 2.45. The number of aromatic hydroxyl groups is 1. The van der Waals surface area contributed by atoms with E-state index in [1.54, 1.807) is 128 Å². The number of aromatic amines is 1. The van der Waals surface area contributed by atoms with E-state index in [1.807, 2.05) is 26.0 Å². The summed E-state index contributed by atoms with van der Waals surface area (Å²) in [6.07, 6.45) is 3.23. The normalized spacial score (nSPS) is 21.5. The van der Waals surface area contributed by atoms with Crippen molar-refractivity contribution < 1.29 is 111 Å². The molecule has 150 heavy (non-hydrogen) atoms. The van der Waals surface area contributed by atoms with Gasteiger partial charge in [-0.25, -0.2) is 32.6 Å². The lowest BCUT2D eigenvalue weighted by Gasteiger charge is -2.33. The van der Waals surface area contributed by atoms with Gasteiger partial charge in [0.2, 0.25) is 58.6 Å². The monoisotopic (exact) mass is 2100 g/mol. The van der Waals surface area contributed by atoms with Crippen molar-refractivity contribution in [3.8, 4) is 5.75 Å². The lowest BCUT2D eigenvalue weighted by atomic mass is 9.84. The number of phenolic OH excluding ortho intramolecular Hbond substituents is 1. The van der Waals surface area contributed by atoms with Crippen LogP contribution >= 0.6 is 0 Å². The Morgan fingerprint density at radius 3 is 1.65 bits per heavy atom. The van der Waals surface area contributed by atoms with Crippen molar-refractivity contribution in [2.45, 2.75) is 353 Å². The van der Waals surface area contributed by atoms with Crippen LogP contribution in [0, 0.1) is 11.8 Å². The number of benzene rings is 3. The van der Waals surface area contributed by atoms with Crippen molar-refractivity contribution in [3.05, 3.63) is 114 Å². The largest absolute Gasteiger partial charge is 0.508 e. The number of fused-ring (bicyclic) bond motifs is 1. The van der Waals surface area contributed by atoms with Gasteiger partial charge in [0.05, 0.1) is 98.1 Å². The quantitative estimate of drug-likeness (QED) is 0.00985. The number of H-pyrrole nitrogens is 1. The molecule has 43 heteroatoms. The van der Waals surface area contributed by atoms with E-state index < -0.39 is 222 Å². The van der Waals surface area contributed by atoms with Crippen LogP contribution in [0.2, 0.25) is 0 Å². The molecule has 5 rings (SSSR count). The van der Waals surface area contributed by atoms with Gasteiger partial charge >= 0.3 is 5.97 Å². The third-order valence-electron chi connectivity index (χ3n) is 26.6. The van der Waals surface area contributed by atoms with Crippen molar-refractivity contribution >= 4 is 127 Å². The number of aliphatic carboxylic acids is 1. The number of carboxylic acids is 1. The maximum absolute atomic E-state index is 15.7. The van der Waals surface area contributed by atoms with Gasteiger partial charge in [-0.3, -0.25) is 106 Å². The van der Waals surface area contributed by atoms with E-state index in [9.17, 15) is 87.2 Å². The number of para-hydroxylation sites is 1. The number of likely N-dealkylation sites (N-methyl/N-ethyl adjacent to an activating group) is 1. The fourth-order valence-corrected chi connectivity index (χ4v) is 17.0. The lowest BCUT2D eigenvalue weighted by Crippen LogP contribution is -2.65. The van der Waals surface area contributed by atoms with Crippen LogP contribution in [-0.2, 0) is 115 Å². The Hall–Kier alpha value is -11.8. The van der Waals surface area contributed by atoms with E-state index in [1.165, 1.54) is 52.0 Å². The van der Waals surface area contributed by atoms with Crippen molar-refractivity contribution in [1.29, 1.82) is 0 Å². The van der Waals surface area contributed by atoms with Crippen LogP contribution in [0.1, 0.15) is 248 Å². The Bertz CT molecular complexity index is 5210. The number of nitrogens with two attached hydrogens (primary N) is 2. The minimum Gasteiger partial charge on any atom is -0.508 e. The van der Waals surface area contributed by atoms with Gasteiger partial charge in [-0.05, 0) is 193 Å². The van der Waals surface area contributed by atoms with Crippen molar-refractivity contribution in [2.75, 3.05) is 53.0 Å². The van der Waals surface area contributed by atoms with E-state index in [0.29, 0.717) is 66.1 Å². The van der Waals surface area contributed by atoms with Gasteiger partial charge in [-0.2, -0.15) is 0 Å². The molecule has 830 valence electrons. The average Bonchev–Trinajstić information content (AvgIpc) is 1.64. The number of carboxylic acid groups (broad SMARTS) is 1. The molecule has 1 aliphatic rings. The highest BCUT2D eigenvalue weighted by Crippen LogP contribution is 2.26.